The Balaban J connectivity index is 1.62. The molecule has 0 aromatic heterocycles. The van der Waals surface area contributed by atoms with E-state index in [4.69, 9.17) is 4.74 Å². The van der Waals surface area contributed by atoms with Crippen LogP contribution in [0.25, 0.3) is 0 Å². The fourth-order valence-electron chi connectivity index (χ4n) is 2.19. The Kier molecular flexibility index (Phi) is 4.68. The highest BCUT2D eigenvalue weighted by Gasteiger charge is 2.26. The lowest BCUT2D eigenvalue weighted by Crippen LogP contribution is -2.51. The summed E-state index contributed by atoms with van der Waals surface area (Å²) in [5.74, 6) is 0. The summed E-state index contributed by atoms with van der Waals surface area (Å²) in [7, 11) is 0. The summed E-state index contributed by atoms with van der Waals surface area (Å²) in [4.78, 5) is 16.1. The Bertz CT molecular complexity index is 302. The molecule has 1 aliphatic heterocycles. The number of rotatable bonds is 4. The topological polar surface area (TPSA) is 44.8 Å². The molecule has 0 radical (unpaired) electrons. The molecule has 1 aliphatic carbocycles. The average molecular weight is 269 g/mol. The summed E-state index contributed by atoms with van der Waals surface area (Å²) in [5, 5.41) is 3.52. The summed E-state index contributed by atoms with van der Waals surface area (Å²) in [6.45, 7) is 11.3. The van der Waals surface area contributed by atoms with Crippen LogP contribution >= 0.6 is 0 Å². The number of carbonyl (C=O) groups is 1. The van der Waals surface area contributed by atoms with Gasteiger partial charge in [0.1, 0.15) is 5.60 Å². The van der Waals surface area contributed by atoms with Crippen molar-refractivity contribution in [2.75, 3.05) is 39.3 Å². The molecule has 0 unspecified atom stereocenters. The van der Waals surface area contributed by atoms with Crippen molar-refractivity contribution in [3.63, 3.8) is 0 Å². The minimum Gasteiger partial charge on any atom is -0.444 e. The highest BCUT2D eigenvalue weighted by molar-refractivity contribution is 5.68. The van der Waals surface area contributed by atoms with Gasteiger partial charge in [0.25, 0.3) is 0 Å². The molecule has 0 bridgehead atoms. The molecule has 0 aromatic rings. The summed E-state index contributed by atoms with van der Waals surface area (Å²) in [5.41, 5.74) is -0.400. The van der Waals surface area contributed by atoms with Crippen LogP contribution < -0.4 is 5.32 Å². The third kappa shape index (κ3) is 5.37. The Morgan fingerprint density at radius 1 is 1.21 bits per heavy atom. The van der Waals surface area contributed by atoms with Crippen molar-refractivity contribution >= 4 is 6.09 Å². The minimum absolute atomic E-state index is 0.178. The molecule has 2 rings (SSSR count). The van der Waals surface area contributed by atoms with E-state index in [1.807, 2.05) is 25.7 Å². The van der Waals surface area contributed by atoms with Crippen LogP contribution in [0.3, 0.4) is 0 Å². The molecule has 1 N–H and O–H groups in total. The molecule has 0 aromatic carbocycles. The second-order valence-corrected chi connectivity index (χ2v) is 6.54. The first-order valence-electron chi connectivity index (χ1n) is 7.38. The van der Waals surface area contributed by atoms with Gasteiger partial charge in [0.2, 0.25) is 0 Å². The van der Waals surface area contributed by atoms with Gasteiger partial charge >= 0.3 is 6.09 Å². The Labute approximate surface area is 116 Å². The van der Waals surface area contributed by atoms with Crippen molar-refractivity contribution in [2.45, 2.75) is 45.3 Å². The van der Waals surface area contributed by atoms with Gasteiger partial charge in [-0.25, -0.2) is 4.79 Å². The van der Waals surface area contributed by atoms with E-state index < -0.39 is 5.60 Å². The molecule has 2 aliphatic rings. The van der Waals surface area contributed by atoms with Gasteiger partial charge < -0.3 is 15.0 Å². The number of carbonyl (C=O) groups excluding carboxylic acids is 1. The second-order valence-electron chi connectivity index (χ2n) is 6.54. The number of nitrogens with one attached hydrogen (secondary N) is 1. The summed E-state index contributed by atoms with van der Waals surface area (Å²) in [6.07, 6.45) is 2.50. The van der Waals surface area contributed by atoms with Crippen molar-refractivity contribution in [1.82, 2.24) is 15.1 Å². The van der Waals surface area contributed by atoms with E-state index >= 15 is 0 Å². The molecule has 5 heteroatoms. The van der Waals surface area contributed by atoms with E-state index in [0.717, 1.165) is 45.3 Å². The number of piperazine rings is 1. The molecule has 1 saturated heterocycles. The van der Waals surface area contributed by atoms with Crippen LogP contribution in [-0.4, -0.2) is 66.8 Å². The zero-order chi connectivity index (χ0) is 13.9. The summed E-state index contributed by atoms with van der Waals surface area (Å²) < 4.78 is 5.39. The quantitative estimate of drug-likeness (QED) is 0.835. The first-order valence-corrected chi connectivity index (χ1v) is 7.38. The van der Waals surface area contributed by atoms with E-state index in [9.17, 15) is 4.79 Å². The first kappa shape index (κ1) is 14.6. The molecule has 1 heterocycles. The molecule has 19 heavy (non-hydrogen) atoms. The standard InChI is InChI=1S/C14H27N3O2/c1-14(2,3)19-13(18)17-10-8-16(9-11-17)7-6-15-12-4-5-12/h12,15H,4-11H2,1-3H3. The number of hydrogen-bond acceptors (Lipinski definition) is 4. The number of ether oxygens (including phenoxy) is 1. The van der Waals surface area contributed by atoms with Crippen LogP contribution in [0.15, 0.2) is 0 Å². The largest absolute Gasteiger partial charge is 0.444 e. The van der Waals surface area contributed by atoms with Crippen LogP contribution in [0.2, 0.25) is 0 Å². The highest BCUT2D eigenvalue weighted by atomic mass is 16.6. The third-order valence-corrected chi connectivity index (χ3v) is 3.46. The fourth-order valence-corrected chi connectivity index (χ4v) is 2.19. The molecule has 5 nitrogen and oxygen atoms in total. The molecule has 2 fully saturated rings. The highest BCUT2D eigenvalue weighted by Crippen LogP contribution is 2.18. The lowest BCUT2D eigenvalue weighted by molar-refractivity contribution is 0.0146. The van der Waals surface area contributed by atoms with Gasteiger partial charge in [-0.3, -0.25) is 4.90 Å². The van der Waals surface area contributed by atoms with Gasteiger partial charge in [-0.05, 0) is 33.6 Å². The van der Waals surface area contributed by atoms with Crippen LogP contribution in [-0.2, 0) is 4.74 Å². The average Bonchev–Trinajstić information content (AvgIpc) is 3.12. The zero-order valence-corrected chi connectivity index (χ0v) is 12.4. The summed E-state index contributed by atoms with van der Waals surface area (Å²) >= 11 is 0. The number of hydrogen-bond donors (Lipinski definition) is 1. The van der Waals surface area contributed by atoms with Crippen molar-refractivity contribution in [3.8, 4) is 0 Å². The van der Waals surface area contributed by atoms with Crippen LogP contribution in [0.1, 0.15) is 33.6 Å². The second kappa shape index (κ2) is 6.09. The molecule has 110 valence electrons. The van der Waals surface area contributed by atoms with Crippen LogP contribution in [0, 0.1) is 0 Å². The Hall–Kier alpha value is -0.810. The normalized spacial score (nSPS) is 21.5. The van der Waals surface area contributed by atoms with E-state index in [0.29, 0.717) is 0 Å². The van der Waals surface area contributed by atoms with Gasteiger partial charge in [0.15, 0.2) is 0 Å². The van der Waals surface area contributed by atoms with Crippen LogP contribution in [0.4, 0.5) is 4.79 Å². The summed E-state index contributed by atoms with van der Waals surface area (Å²) in [6, 6.07) is 0.781. The predicted molar refractivity (Wildman–Crippen MR) is 75.3 cm³/mol. The SMILES string of the molecule is CC(C)(C)OC(=O)N1CCN(CCNC2CC2)CC1. The van der Waals surface area contributed by atoms with Gasteiger partial charge in [0.05, 0.1) is 0 Å². The molecular weight excluding hydrogens is 242 g/mol. The van der Waals surface area contributed by atoms with Crippen molar-refractivity contribution in [1.29, 1.82) is 0 Å². The lowest BCUT2D eigenvalue weighted by atomic mass is 10.2. The Morgan fingerprint density at radius 2 is 1.84 bits per heavy atom. The molecular formula is C14H27N3O2. The zero-order valence-electron chi connectivity index (χ0n) is 12.4. The van der Waals surface area contributed by atoms with Gasteiger partial charge in [-0.15, -0.1) is 0 Å². The predicted octanol–water partition coefficient (Wildman–Crippen LogP) is 1.29. The lowest BCUT2D eigenvalue weighted by Gasteiger charge is -2.35. The number of nitrogens with zero attached hydrogens (tertiary/aromatic N) is 2. The maximum atomic E-state index is 11.9. The van der Waals surface area contributed by atoms with Crippen molar-refractivity contribution in [2.24, 2.45) is 0 Å². The molecule has 0 spiro atoms. The third-order valence-electron chi connectivity index (χ3n) is 3.46. The van der Waals surface area contributed by atoms with Crippen molar-refractivity contribution in [3.05, 3.63) is 0 Å². The smallest absolute Gasteiger partial charge is 0.410 e. The minimum atomic E-state index is -0.400. The van der Waals surface area contributed by atoms with E-state index in [-0.39, 0.29) is 6.09 Å². The maximum absolute atomic E-state index is 11.9. The fraction of sp³-hybridized carbons (Fsp3) is 0.929. The molecule has 1 saturated carbocycles. The molecule has 1 amide bonds. The van der Waals surface area contributed by atoms with Gasteiger partial charge in [-0.2, -0.15) is 0 Å². The van der Waals surface area contributed by atoms with E-state index in [1.54, 1.807) is 0 Å². The molecule has 0 atom stereocenters. The van der Waals surface area contributed by atoms with E-state index in [2.05, 4.69) is 10.2 Å². The van der Waals surface area contributed by atoms with E-state index in [1.165, 1.54) is 12.8 Å². The van der Waals surface area contributed by atoms with Crippen LogP contribution in [0.5, 0.6) is 0 Å². The number of amides is 1. The first-order chi connectivity index (χ1) is 8.94. The van der Waals surface area contributed by atoms with Gasteiger partial charge in [-0.1, -0.05) is 0 Å². The monoisotopic (exact) mass is 269 g/mol. The van der Waals surface area contributed by atoms with Gasteiger partial charge in [0, 0.05) is 45.3 Å². The Morgan fingerprint density at radius 3 is 2.37 bits per heavy atom. The van der Waals surface area contributed by atoms with Crippen molar-refractivity contribution < 1.29 is 9.53 Å². The maximum Gasteiger partial charge on any atom is 0.410 e.